The van der Waals surface area contributed by atoms with Gasteiger partial charge in [0.25, 0.3) is 5.91 Å². The molecule has 1 aromatic rings. The Kier molecular flexibility index (Phi) is 8.71. The lowest BCUT2D eigenvalue weighted by Crippen LogP contribution is -2.55. The number of carbonyl (C=O) groups is 3. The Morgan fingerprint density at radius 3 is 2.76 bits per heavy atom. The van der Waals surface area contributed by atoms with Crippen molar-refractivity contribution in [3.8, 4) is 0 Å². The zero-order valence-electron chi connectivity index (χ0n) is 21.2. The van der Waals surface area contributed by atoms with Gasteiger partial charge in [0.2, 0.25) is 5.91 Å². The Morgan fingerprint density at radius 2 is 2.08 bits per heavy atom. The molecule has 3 fully saturated rings. The monoisotopic (exact) mass is 546 g/mol. The standard InChI is InChI=1S/C28H35ClN2O5S/c1-4-14-30(23-18(3)10-9-11-19(23)29)26(34)24-28-13-12-20(37-28)21(27(35)36-17-5-2)22(28)25(33)31(24)15-7-6-8-16-32/h4-5,9-11,20-22,24,32H,1-2,6-8,12-17H2,3H3/t20-,21+,22+,24?,28?/m1/s1. The van der Waals surface area contributed by atoms with E-state index in [-0.39, 0.29) is 36.8 Å². The highest BCUT2D eigenvalue weighted by atomic mass is 35.5. The van der Waals surface area contributed by atoms with Gasteiger partial charge >= 0.3 is 5.97 Å². The second-order valence-corrected chi connectivity index (χ2v) is 11.9. The van der Waals surface area contributed by atoms with Crippen LogP contribution in [0.4, 0.5) is 5.69 Å². The van der Waals surface area contributed by atoms with E-state index in [1.54, 1.807) is 33.7 Å². The number of thioether (sulfide) groups is 1. The van der Waals surface area contributed by atoms with E-state index >= 15 is 0 Å². The van der Waals surface area contributed by atoms with Crippen LogP contribution in [-0.2, 0) is 19.1 Å². The summed E-state index contributed by atoms with van der Waals surface area (Å²) in [7, 11) is 0. The smallest absolute Gasteiger partial charge is 0.311 e. The minimum absolute atomic E-state index is 0.0620. The lowest BCUT2D eigenvalue weighted by Gasteiger charge is -2.37. The average Bonchev–Trinajstić information content (AvgIpc) is 3.51. The summed E-state index contributed by atoms with van der Waals surface area (Å²) in [4.78, 5) is 44.9. The summed E-state index contributed by atoms with van der Waals surface area (Å²) < 4.78 is 4.71. The first-order chi connectivity index (χ1) is 17.8. The maximum absolute atomic E-state index is 14.5. The maximum Gasteiger partial charge on any atom is 0.311 e. The molecule has 0 saturated carbocycles. The number of rotatable bonds is 12. The molecule has 2 bridgehead atoms. The molecule has 2 unspecified atom stereocenters. The quantitative estimate of drug-likeness (QED) is 0.241. The van der Waals surface area contributed by atoms with Gasteiger partial charge in [-0.15, -0.1) is 18.3 Å². The second kappa shape index (κ2) is 11.6. The number of amides is 2. The van der Waals surface area contributed by atoms with Gasteiger partial charge in [0.1, 0.15) is 12.6 Å². The van der Waals surface area contributed by atoms with Gasteiger partial charge in [-0.2, -0.15) is 0 Å². The minimum atomic E-state index is -0.734. The molecule has 1 N–H and O–H groups in total. The van der Waals surface area contributed by atoms with Crippen molar-refractivity contribution < 1.29 is 24.2 Å². The molecule has 3 heterocycles. The number of aryl methyl sites for hydroxylation is 1. The van der Waals surface area contributed by atoms with E-state index in [4.69, 9.17) is 16.3 Å². The van der Waals surface area contributed by atoms with Crippen LogP contribution in [0.3, 0.4) is 0 Å². The van der Waals surface area contributed by atoms with E-state index in [9.17, 15) is 19.5 Å². The molecule has 200 valence electrons. The van der Waals surface area contributed by atoms with Gasteiger partial charge in [-0.3, -0.25) is 14.4 Å². The molecule has 3 saturated heterocycles. The van der Waals surface area contributed by atoms with E-state index in [2.05, 4.69) is 13.2 Å². The van der Waals surface area contributed by atoms with Crippen molar-refractivity contribution in [2.75, 3.05) is 31.2 Å². The Balaban J connectivity index is 1.75. The van der Waals surface area contributed by atoms with Crippen LogP contribution in [0.1, 0.15) is 37.7 Å². The third-order valence-electron chi connectivity index (χ3n) is 7.74. The lowest BCUT2D eigenvalue weighted by atomic mass is 9.71. The molecule has 0 radical (unpaired) electrons. The van der Waals surface area contributed by atoms with Gasteiger partial charge in [0.15, 0.2) is 0 Å². The summed E-state index contributed by atoms with van der Waals surface area (Å²) in [5, 5.41) is 9.61. The van der Waals surface area contributed by atoms with E-state index < -0.39 is 28.6 Å². The number of anilines is 1. The number of ether oxygens (including phenoxy) is 1. The van der Waals surface area contributed by atoms with Crippen LogP contribution in [-0.4, -0.2) is 70.1 Å². The molecule has 5 atom stereocenters. The summed E-state index contributed by atoms with van der Waals surface area (Å²) in [6, 6.07) is 4.76. The normalized spacial score (nSPS) is 27.8. The maximum atomic E-state index is 14.5. The van der Waals surface area contributed by atoms with Crippen molar-refractivity contribution in [3.63, 3.8) is 0 Å². The molecule has 0 aliphatic carbocycles. The summed E-state index contributed by atoms with van der Waals surface area (Å²) in [6.07, 6.45) is 6.62. The van der Waals surface area contributed by atoms with Gasteiger partial charge in [-0.25, -0.2) is 0 Å². The number of halogens is 1. The van der Waals surface area contributed by atoms with Crippen molar-refractivity contribution in [1.29, 1.82) is 0 Å². The summed E-state index contributed by atoms with van der Waals surface area (Å²) in [5.41, 5.74) is 1.46. The molecule has 7 nitrogen and oxygen atoms in total. The van der Waals surface area contributed by atoms with Crippen molar-refractivity contribution in [2.24, 2.45) is 11.8 Å². The van der Waals surface area contributed by atoms with Crippen molar-refractivity contribution >= 4 is 46.8 Å². The van der Waals surface area contributed by atoms with Crippen molar-refractivity contribution in [1.82, 2.24) is 4.90 Å². The number of fused-ring (bicyclic) bond motifs is 1. The van der Waals surface area contributed by atoms with Gasteiger partial charge in [0.05, 0.1) is 27.3 Å². The van der Waals surface area contributed by atoms with Gasteiger partial charge in [0, 0.05) is 24.9 Å². The van der Waals surface area contributed by atoms with Crippen LogP contribution in [0, 0.1) is 18.8 Å². The predicted octanol–water partition coefficient (Wildman–Crippen LogP) is 4.15. The zero-order chi connectivity index (χ0) is 26.7. The Hall–Kier alpha value is -2.29. The fourth-order valence-corrected chi connectivity index (χ4v) is 8.81. The van der Waals surface area contributed by atoms with Crippen molar-refractivity contribution in [3.05, 3.63) is 54.1 Å². The number of aliphatic hydroxyl groups is 1. The van der Waals surface area contributed by atoms with Crippen LogP contribution in [0.5, 0.6) is 0 Å². The number of nitrogens with zero attached hydrogens (tertiary/aromatic N) is 2. The van der Waals surface area contributed by atoms with Gasteiger partial charge < -0.3 is 19.6 Å². The molecule has 2 amide bonds. The zero-order valence-corrected chi connectivity index (χ0v) is 22.8. The molecule has 1 aromatic carbocycles. The molecule has 3 aliphatic heterocycles. The minimum Gasteiger partial charge on any atom is -0.461 e. The third-order valence-corrected chi connectivity index (χ3v) is 10.00. The van der Waals surface area contributed by atoms with Crippen LogP contribution in [0.15, 0.2) is 43.5 Å². The number of hydrogen-bond acceptors (Lipinski definition) is 6. The van der Waals surface area contributed by atoms with Crippen LogP contribution < -0.4 is 4.90 Å². The first kappa shape index (κ1) is 27.7. The predicted molar refractivity (Wildman–Crippen MR) is 147 cm³/mol. The van der Waals surface area contributed by atoms with E-state index in [0.29, 0.717) is 36.5 Å². The molecule has 3 aliphatic rings. The number of likely N-dealkylation sites (tertiary alicyclic amines) is 1. The number of hydrogen-bond donors (Lipinski definition) is 1. The number of para-hydroxylation sites is 1. The van der Waals surface area contributed by atoms with E-state index in [0.717, 1.165) is 18.4 Å². The number of aliphatic hydroxyl groups excluding tert-OH is 1. The molecule has 9 heteroatoms. The van der Waals surface area contributed by atoms with E-state index in [1.165, 1.54) is 6.08 Å². The molecular weight excluding hydrogens is 512 g/mol. The Bertz CT molecular complexity index is 1060. The highest BCUT2D eigenvalue weighted by Crippen LogP contribution is 2.66. The van der Waals surface area contributed by atoms with Crippen LogP contribution in [0.2, 0.25) is 5.02 Å². The molecular formula is C28H35ClN2O5S. The summed E-state index contributed by atoms with van der Waals surface area (Å²) >= 11 is 8.20. The van der Waals surface area contributed by atoms with Crippen molar-refractivity contribution in [2.45, 2.75) is 55.1 Å². The summed E-state index contributed by atoms with van der Waals surface area (Å²) in [6.45, 7) is 10.2. The first-order valence-corrected chi connectivity index (χ1v) is 14.1. The third kappa shape index (κ3) is 4.84. The Labute approximate surface area is 227 Å². The molecule has 0 aromatic heterocycles. The fourth-order valence-electron chi connectivity index (χ4n) is 6.28. The van der Waals surface area contributed by atoms with Gasteiger partial charge in [-0.05, 0) is 50.7 Å². The number of unbranched alkanes of at least 4 members (excludes halogenated alkanes) is 2. The molecule has 4 rings (SSSR count). The first-order valence-electron chi connectivity index (χ1n) is 12.9. The topological polar surface area (TPSA) is 87.1 Å². The molecule has 37 heavy (non-hydrogen) atoms. The average molecular weight is 547 g/mol. The van der Waals surface area contributed by atoms with E-state index in [1.807, 2.05) is 19.1 Å². The largest absolute Gasteiger partial charge is 0.461 e. The molecule has 1 spiro atoms. The number of benzene rings is 1. The lowest BCUT2D eigenvalue weighted by molar-refractivity contribution is -0.153. The van der Waals surface area contributed by atoms with Gasteiger partial charge in [-0.1, -0.05) is 42.5 Å². The SMILES string of the molecule is C=CCOC(=O)[C@@H]1[C@H]2C(=O)N(CCCCCO)C(C(=O)N(CC=C)c3c(C)cccc3Cl)C23CC[C@H]1S3. The highest BCUT2D eigenvalue weighted by Gasteiger charge is 2.74. The van der Waals surface area contributed by atoms with Crippen LogP contribution >= 0.6 is 23.4 Å². The summed E-state index contributed by atoms with van der Waals surface area (Å²) in [5.74, 6) is -1.96. The number of esters is 1. The highest BCUT2D eigenvalue weighted by molar-refractivity contribution is 8.02. The fraction of sp³-hybridized carbons (Fsp3) is 0.536. The van der Waals surface area contributed by atoms with Crippen LogP contribution in [0.25, 0.3) is 0 Å². The second-order valence-electron chi connectivity index (χ2n) is 9.93. The number of carbonyl (C=O) groups excluding carboxylic acids is 3. The Morgan fingerprint density at radius 1 is 1.30 bits per heavy atom.